The number of hydrogen-bond acceptors (Lipinski definition) is 4. The Morgan fingerprint density at radius 2 is 1.41 bits per heavy atom. The van der Waals surface area contributed by atoms with Crippen molar-refractivity contribution in [1.82, 2.24) is 9.80 Å². The van der Waals surface area contributed by atoms with E-state index in [0.29, 0.717) is 5.57 Å². The Morgan fingerprint density at radius 3 is 1.65 bits per heavy atom. The lowest BCUT2D eigenvalue weighted by atomic mass is 10.0. The van der Waals surface area contributed by atoms with Gasteiger partial charge in [0.2, 0.25) is 0 Å². The lowest BCUT2D eigenvalue weighted by Crippen LogP contribution is -2.50. The Balaban J connectivity index is 4.85. The normalized spacial score (nSPS) is 16.8. The molecule has 0 spiro atoms. The van der Waals surface area contributed by atoms with Crippen molar-refractivity contribution in [2.24, 2.45) is 0 Å². The molecule has 0 aromatic carbocycles. The number of likely N-dealkylation sites (N-methyl/N-ethyl adjacent to an activating group) is 2. The summed E-state index contributed by atoms with van der Waals surface area (Å²) in [5.41, 5.74) is 0.437. The van der Waals surface area contributed by atoms with Gasteiger partial charge in [0.05, 0.1) is 0 Å². The van der Waals surface area contributed by atoms with Crippen molar-refractivity contribution in [2.75, 3.05) is 28.2 Å². The quantitative estimate of drug-likeness (QED) is 0.520. The van der Waals surface area contributed by atoms with Gasteiger partial charge in [-0.25, -0.2) is 4.79 Å². The highest BCUT2D eigenvalue weighted by molar-refractivity contribution is 5.87. The third kappa shape index (κ3) is 4.88. The molecule has 0 aliphatic carbocycles. The summed E-state index contributed by atoms with van der Waals surface area (Å²) in [6, 6.07) is 0.298. The molecule has 0 aromatic heterocycles. The van der Waals surface area contributed by atoms with E-state index >= 15 is 0 Å². The Bertz CT molecular complexity index is 261. The van der Waals surface area contributed by atoms with Crippen molar-refractivity contribution in [2.45, 2.75) is 39.0 Å². The van der Waals surface area contributed by atoms with Gasteiger partial charge in [0.25, 0.3) is 0 Å². The fourth-order valence-corrected chi connectivity index (χ4v) is 1.41. The molecular formula is C13H26N2O2. The number of esters is 1. The molecule has 0 aromatic rings. The van der Waals surface area contributed by atoms with E-state index < -0.39 is 0 Å². The van der Waals surface area contributed by atoms with Crippen LogP contribution in [0, 0.1) is 0 Å². The maximum atomic E-state index is 11.6. The van der Waals surface area contributed by atoms with Crippen LogP contribution in [0.25, 0.3) is 0 Å². The monoisotopic (exact) mass is 242 g/mol. The molecule has 4 heteroatoms. The second-order valence-electron chi connectivity index (χ2n) is 5.06. The van der Waals surface area contributed by atoms with E-state index in [-0.39, 0.29) is 24.2 Å². The van der Waals surface area contributed by atoms with E-state index in [4.69, 9.17) is 4.74 Å². The van der Waals surface area contributed by atoms with Crippen LogP contribution in [-0.4, -0.2) is 62.1 Å². The minimum atomic E-state index is -0.322. The Morgan fingerprint density at radius 1 is 1.06 bits per heavy atom. The molecule has 17 heavy (non-hydrogen) atoms. The number of ether oxygens (including phenoxy) is 1. The summed E-state index contributed by atoms with van der Waals surface area (Å²) < 4.78 is 5.54. The minimum absolute atomic E-state index is 0.149. The van der Waals surface area contributed by atoms with E-state index in [1.807, 2.05) is 28.2 Å². The molecule has 2 atom stereocenters. The van der Waals surface area contributed by atoms with Crippen molar-refractivity contribution in [3.8, 4) is 0 Å². The molecule has 0 bridgehead atoms. The van der Waals surface area contributed by atoms with Crippen LogP contribution in [-0.2, 0) is 9.53 Å². The van der Waals surface area contributed by atoms with Crippen LogP contribution < -0.4 is 0 Å². The smallest absolute Gasteiger partial charge is 0.333 e. The van der Waals surface area contributed by atoms with Gasteiger partial charge in [-0.2, -0.15) is 0 Å². The molecule has 0 amide bonds. The van der Waals surface area contributed by atoms with E-state index in [2.05, 4.69) is 30.2 Å². The largest absolute Gasteiger partial charge is 0.456 e. The summed E-state index contributed by atoms with van der Waals surface area (Å²) in [5, 5.41) is 0. The fraction of sp³-hybridized carbons (Fsp3) is 0.769. The van der Waals surface area contributed by atoms with Crippen LogP contribution in [0.15, 0.2) is 12.2 Å². The first kappa shape index (κ1) is 16.1. The van der Waals surface area contributed by atoms with Gasteiger partial charge < -0.3 is 14.5 Å². The molecule has 0 N–H and O–H groups in total. The van der Waals surface area contributed by atoms with Gasteiger partial charge in [0.1, 0.15) is 6.10 Å². The lowest BCUT2D eigenvalue weighted by molar-refractivity contribution is -0.150. The number of nitrogens with zero attached hydrogens (tertiary/aromatic N) is 2. The molecule has 0 saturated carbocycles. The van der Waals surface area contributed by atoms with Crippen molar-refractivity contribution >= 4 is 5.97 Å². The van der Waals surface area contributed by atoms with Crippen LogP contribution >= 0.6 is 0 Å². The van der Waals surface area contributed by atoms with E-state index in [9.17, 15) is 4.79 Å². The SMILES string of the molecule is C=C(C)C(=O)OC(C(C)N(C)C)C(C)N(C)C. The van der Waals surface area contributed by atoms with Gasteiger partial charge >= 0.3 is 5.97 Å². The maximum absolute atomic E-state index is 11.6. The van der Waals surface area contributed by atoms with Gasteiger partial charge in [0, 0.05) is 17.7 Å². The highest BCUT2D eigenvalue weighted by Gasteiger charge is 2.30. The zero-order chi connectivity index (χ0) is 13.7. The maximum Gasteiger partial charge on any atom is 0.333 e. The third-order valence-corrected chi connectivity index (χ3v) is 3.17. The van der Waals surface area contributed by atoms with Crippen LogP contribution in [0.3, 0.4) is 0 Å². The van der Waals surface area contributed by atoms with E-state index in [0.717, 1.165) is 0 Å². The second-order valence-corrected chi connectivity index (χ2v) is 5.06. The molecule has 0 aliphatic heterocycles. The molecule has 0 rings (SSSR count). The molecule has 2 unspecified atom stereocenters. The zero-order valence-corrected chi connectivity index (χ0v) is 12.2. The predicted octanol–water partition coefficient (Wildman–Crippen LogP) is 1.37. The number of carbonyl (C=O) groups excluding carboxylic acids is 1. The van der Waals surface area contributed by atoms with Gasteiger partial charge in [-0.15, -0.1) is 0 Å². The predicted molar refractivity (Wildman–Crippen MR) is 71.0 cm³/mol. The third-order valence-electron chi connectivity index (χ3n) is 3.17. The average molecular weight is 242 g/mol. The Labute approximate surface area is 105 Å². The van der Waals surface area contributed by atoms with Crippen LogP contribution in [0.5, 0.6) is 0 Å². The van der Waals surface area contributed by atoms with Gasteiger partial charge in [-0.3, -0.25) is 0 Å². The summed E-state index contributed by atoms with van der Waals surface area (Å²) in [5.74, 6) is -0.322. The Hall–Kier alpha value is -0.870. The molecular weight excluding hydrogens is 216 g/mol. The van der Waals surface area contributed by atoms with Crippen LogP contribution in [0.4, 0.5) is 0 Å². The van der Waals surface area contributed by atoms with Crippen molar-refractivity contribution < 1.29 is 9.53 Å². The molecule has 0 fully saturated rings. The molecule has 100 valence electrons. The summed E-state index contributed by atoms with van der Waals surface area (Å²) in [6.07, 6.45) is -0.177. The zero-order valence-electron chi connectivity index (χ0n) is 12.2. The topological polar surface area (TPSA) is 32.8 Å². The second kappa shape index (κ2) is 6.77. The van der Waals surface area contributed by atoms with Crippen LogP contribution in [0.1, 0.15) is 20.8 Å². The summed E-state index contributed by atoms with van der Waals surface area (Å²) in [4.78, 5) is 15.8. The van der Waals surface area contributed by atoms with E-state index in [1.54, 1.807) is 6.92 Å². The molecule has 0 radical (unpaired) electrons. The molecule has 0 aliphatic rings. The summed E-state index contributed by atoms with van der Waals surface area (Å²) >= 11 is 0. The lowest BCUT2D eigenvalue weighted by Gasteiger charge is -2.36. The highest BCUT2D eigenvalue weighted by Crippen LogP contribution is 2.14. The van der Waals surface area contributed by atoms with Gasteiger partial charge in [-0.05, 0) is 49.0 Å². The number of rotatable bonds is 6. The number of carbonyl (C=O) groups is 1. The summed E-state index contributed by atoms with van der Waals surface area (Å²) in [7, 11) is 7.92. The highest BCUT2D eigenvalue weighted by atomic mass is 16.5. The van der Waals surface area contributed by atoms with Crippen molar-refractivity contribution in [3.63, 3.8) is 0 Å². The van der Waals surface area contributed by atoms with Crippen molar-refractivity contribution in [3.05, 3.63) is 12.2 Å². The first-order valence-electron chi connectivity index (χ1n) is 5.87. The molecule has 0 saturated heterocycles. The van der Waals surface area contributed by atoms with E-state index in [1.165, 1.54) is 0 Å². The minimum Gasteiger partial charge on any atom is -0.456 e. The molecule has 4 nitrogen and oxygen atoms in total. The number of hydrogen-bond donors (Lipinski definition) is 0. The van der Waals surface area contributed by atoms with Crippen molar-refractivity contribution in [1.29, 1.82) is 0 Å². The van der Waals surface area contributed by atoms with Crippen LogP contribution in [0.2, 0.25) is 0 Å². The molecule has 0 heterocycles. The van der Waals surface area contributed by atoms with Gasteiger partial charge in [-0.1, -0.05) is 6.58 Å². The van der Waals surface area contributed by atoms with Gasteiger partial charge in [0.15, 0.2) is 0 Å². The first-order valence-corrected chi connectivity index (χ1v) is 5.87. The summed E-state index contributed by atoms with van der Waals surface area (Å²) in [6.45, 7) is 9.39. The standard InChI is InChI=1S/C13H26N2O2/c1-9(2)13(16)17-12(10(3)14(5)6)11(4)15(7)8/h10-12H,1H2,2-8H3. The average Bonchev–Trinajstić information content (AvgIpc) is 2.22. The Kier molecular flexibility index (Phi) is 6.42. The first-order chi connectivity index (χ1) is 7.68. The fourth-order valence-electron chi connectivity index (χ4n) is 1.41.